The minimum Gasteiger partial charge on any atom is -0.382 e. The number of hydrogen-bond donors (Lipinski definition) is 1. The summed E-state index contributed by atoms with van der Waals surface area (Å²) in [6, 6.07) is 19.6. The SMILES string of the molecule is CCOCCCN(CC(=O)N(Cc1ccccc1)Cc1cccs1)C(=O)Nc1ccc(C)cc1C. The maximum atomic E-state index is 13.5. The zero-order valence-corrected chi connectivity index (χ0v) is 21.6. The fraction of sp³-hybridized carbons (Fsp3) is 0.357. The summed E-state index contributed by atoms with van der Waals surface area (Å²) in [5.41, 5.74) is 3.93. The minimum atomic E-state index is -0.280. The normalized spacial score (nSPS) is 10.7. The number of anilines is 1. The van der Waals surface area contributed by atoms with E-state index >= 15 is 0 Å². The molecular formula is C28H35N3O3S. The van der Waals surface area contributed by atoms with Gasteiger partial charge in [0.2, 0.25) is 5.91 Å². The fourth-order valence-electron chi connectivity index (χ4n) is 3.79. The van der Waals surface area contributed by atoms with Gasteiger partial charge in [0, 0.05) is 36.9 Å². The van der Waals surface area contributed by atoms with Crippen LogP contribution in [0.15, 0.2) is 66.0 Å². The van der Waals surface area contributed by atoms with Gasteiger partial charge in [-0.15, -0.1) is 11.3 Å². The molecule has 1 aromatic heterocycles. The quantitative estimate of drug-likeness (QED) is 0.322. The smallest absolute Gasteiger partial charge is 0.322 e. The summed E-state index contributed by atoms with van der Waals surface area (Å²) in [5.74, 6) is -0.0885. The van der Waals surface area contributed by atoms with Gasteiger partial charge in [0.1, 0.15) is 6.54 Å². The summed E-state index contributed by atoms with van der Waals surface area (Å²) in [7, 11) is 0. The summed E-state index contributed by atoms with van der Waals surface area (Å²) < 4.78 is 5.46. The summed E-state index contributed by atoms with van der Waals surface area (Å²) in [6.07, 6.45) is 0.658. The zero-order valence-electron chi connectivity index (χ0n) is 20.8. The van der Waals surface area contributed by atoms with Gasteiger partial charge >= 0.3 is 6.03 Å². The number of aryl methyl sites for hydroxylation is 2. The van der Waals surface area contributed by atoms with E-state index < -0.39 is 0 Å². The molecule has 3 rings (SSSR count). The van der Waals surface area contributed by atoms with Crippen LogP contribution in [0.25, 0.3) is 0 Å². The van der Waals surface area contributed by atoms with Gasteiger partial charge < -0.3 is 19.9 Å². The first-order valence-corrected chi connectivity index (χ1v) is 12.9. The van der Waals surface area contributed by atoms with Gasteiger partial charge in [-0.1, -0.05) is 54.1 Å². The Labute approximate surface area is 212 Å². The Morgan fingerprint density at radius 1 is 0.971 bits per heavy atom. The van der Waals surface area contributed by atoms with Gasteiger partial charge in [0.25, 0.3) is 0 Å². The molecular weight excluding hydrogens is 458 g/mol. The molecule has 0 spiro atoms. The molecule has 0 bridgehead atoms. The van der Waals surface area contributed by atoms with Crippen molar-refractivity contribution < 1.29 is 14.3 Å². The van der Waals surface area contributed by atoms with Crippen LogP contribution in [-0.4, -0.2) is 48.0 Å². The van der Waals surface area contributed by atoms with Crippen LogP contribution in [0.5, 0.6) is 0 Å². The van der Waals surface area contributed by atoms with Crippen molar-refractivity contribution in [3.63, 3.8) is 0 Å². The molecule has 3 aromatic rings. The molecule has 0 saturated carbocycles. The Hall–Kier alpha value is -3.16. The van der Waals surface area contributed by atoms with Crippen LogP contribution in [0.4, 0.5) is 10.5 Å². The van der Waals surface area contributed by atoms with Crippen LogP contribution in [0.2, 0.25) is 0 Å². The summed E-state index contributed by atoms with van der Waals surface area (Å²) >= 11 is 1.62. The van der Waals surface area contributed by atoms with Crippen molar-refractivity contribution in [2.24, 2.45) is 0 Å². The maximum Gasteiger partial charge on any atom is 0.322 e. The Morgan fingerprint density at radius 2 is 1.77 bits per heavy atom. The number of rotatable bonds is 12. The Kier molecular flexibility index (Phi) is 10.3. The van der Waals surface area contributed by atoms with E-state index in [9.17, 15) is 9.59 Å². The number of urea groups is 1. The molecule has 0 aliphatic carbocycles. The molecule has 0 aliphatic rings. The molecule has 6 nitrogen and oxygen atoms in total. The van der Waals surface area contributed by atoms with E-state index in [1.54, 1.807) is 16.2 Å². The van der Waals surface area contributed by atoms with Crippen LogP contribution < -0.4 is 5.32 Å². The Bertz CT molecular complexity index is 1070. The molecule has 0 atom stereocenters. The number of thiophene rings is 1. The second-order valence-corrected chi connectivity index (χ2v) is 9.57. The summed E-state index contributed by atoms with van der Waals surface area (Å²) in [6.45, 7) is 8.53. The molecule has 1 N–H and O–H groups in total. The number of carbonyl (C=O) groups is 2. The van der Waals surface area contributed by atoms with Gasteiger partial charge in [-0.3, -0.25) is 4.79 Å². The monoisotopic (exact) mass is 493 g/mol. The molecule has 0 unspecified atom stereocenters. The van der Waals surface area contributed by atoms with Crippen LogP contribution in [-0.2, 0) is 22.6 Å². The van der Waals surface area contributed by atoms with Crippen molar-refractivity contribution in [2.45, 2.75) is 40.3 Å². The largest absolute Gasteiger partial charge is 0.382 e. The number of hydrogen-bond acceptors (Lipinski definition) is 4. The number of amides is 3. The van der Waals surface area contributed by atoms with E-state index in [-0.39, 0.29) is 18.5 Å². The maximum absolute atomic E-state index is 13.5. The average molecular weight is 494 g/mol. The Morgan fingerprint density at radius 3 is 2.46 bits per heavy atom. The molecule has 0 radical (unpaired) electrons. The number of benzene rings is 2. The molecule has 7 heteroatoms. The molecule has 186 valence electrons. The highest BCUT2D eigenvalue weighted by Crippen LogP contribution is 2.18. The van der Waals surface area contributed by atoms with Crippen molar-refractivity contribution in [2.75, 3.05) is 31.6 Å². The van der Waals surface area contributed by atoms with Crippen LogP contribution in [0.1, 0.15) is 34.9 Å². The van der Waals surface area contributed by atoms with Gasteiger partial charge in [0.15, 0.2) is 0 Å². The average Bonchev–Trinajstić information content (AvgIpc) is 3.36. The van der Waals surface area contributed by atoms with E-state index in [1.807, 2.05) is 91.7 Å². The molecule has 2 aromatic carbocycles. The molecule has 3 amide bonds. The highest BCUT2D eigenvalue weighted by atomic mass is 32.1. The third-order valence-electron chi connectivity index (χ3n) is 5.65. The van der Waals surface area contributed by atoms with E-state index in [1.165, 1.54) is 0 Å². The van der Waals surface area contributed by atoms with E-state index in [0.29, 0.717) is 39.3 Å². The van der Waals surface area contributed by atoms with Crippen molar-refractivity contribution in [3.8, 4) is 0 Å². The third-order valence-corrected chi connectivity index (χ3v) is 6.51. The standard InChI is InChI=1S/C28H35N3O3S/c1-4-34-16-9-15-30(28(33)29-26-14-13-22(2)18-23(26)3)21-27(32)31(20-25-12-8-17-35-25)19-24-10-6-5-7-11-24/h5-8,10-14,17-18H,4,9,15-16,19-21H2,1-3H3,(H,29,33). The van der Waals surface area contributed by atoms with Crippen LogP contribution in [0.3, 0.4) is 0 Å². The topological polar surface area (TPSA) is 61.9 Å². The lowest BCUT2D eigenvalue weighted by molar-refractivity contribution is -0.133. The van der Waals surface area contributed by atoms with Crippen molar-refractivity contribution >= 4 is 29.0 Å². The second-order valence-electron chi connectivity index (χ2n) is 8.54. The first kappa shape index (κ1) is 26.4. The van der Waals surface area contributed by atoms with E-state index in [0.717, 1.165) is 27.3 Å². The molecule has 0 fully saturated rings. The highest BCUT2D eigenvalue weighted by molar-refractivity contribution is 7.09. The minimum absolute atomic E-state index is 0.00107. The van der Waals surface area contributed by atoms with Crippen LogP contribution in [0, 0.1) is 13.8 Å². The lowest BCUT2D eigenvalue weighted by Gasteiger charge is -2.28. The van der Waals surface area contributed by atoms with Crippen molar-refractivity contribution in [3.05, 3.63) is 87.6 Å². The number of carbonyl (C=O) groups excluding carboxylic acids is 2. The third kappa shape index (κ3) is 8.53. The molecule has 0 saturated heterocycles. The van der Waals surface area contributed by atoms with Gasteiger partial charge in [-0.05, 0) is 55.8 Å². The number of ether oxygens (including phenoxy) is 1. The van der Waals surface area contributed by atoms with Gasteiger partial charge in [-0.25, -0.2) is 4.79 Å². The van der Waals surface area contributed by atoms with Gasteiger partial charge in [0.05, 0.1) is 6.54 Å². The van der Waals surface area contributed by atoms with Crippen molar-refractivity contribution in [1.82, 2.24) is 9.80 Å². The predicted octanol–water partition coefficient (Wildman–Crippen LogP) is 5.85. The molecule has 0 aliphatic heterocycles. The molecule has 35 heavy (non-hydrogen) atoms. The number of nitrogens with zero attached hydrogens (tertiary/aromatic N) is 2. The lowest BCUT2D eigenvalue weighted by atomic mass is 10.1. The first-order valence-electron chi connectivity index (χ1n) is 12.0. The highest BCUT2D eigenvalue weighted by Gasteiger charge is 2.22. The summed E-state index contributed by atoms with van der Waals surface area (Å²) in [4.78, 5) is 31.3. The fourth-order valence-corrected chi connectivity index (χ4v) is 4.51. The lowest BCUT2D eigenvalue weighted by Crippen LogP contribution is -2.44. The van der Waals surface area contributed by atoms with E-state index in [4.69, 9.17) is 4.74 Å². The van der Waals surface area contributed by atoms with E-state index in [2.05, 4.69) is 5.32 Å². The second kappa shape index (κ2) is 13.7. The Balaban J connectivity index is 1.75. The predicted molar refractivity (Wildman–Crippen MR) is 143 cm³/mol. The van der Waals surface area contributed by atoms with Gasteiger partial charge in [-0.2, -0.15) is 0 Å². The molecule has 1 heterocycles. The summed E-state index contributed by atoms with van der Waals surface area (Å²) in [5, 5.41) is 5.01. The van der Waals surface area contributed by atoms with Crippen LogP contribution >= 0.6 is 11.3 Å². The first-order chi connectivity index (χ1) is 17.0. The zero-order chi connectivity index (χ0) is 25.0. The van der Waals surface area contributed by atoms with Crippen molar-refractivity contribution in [1.29, 1.82) is 0 Å². The number of nitrogens with one attached hydrogen (secondary N) is 1.